The first-order valence-electron chi connectivity index (χ1n) is 10.0. The minimum Gasteiger partial charge on any atom is -0.343 e. The van der Waals surface area contributed by atoms with Crippen LogP contribution in [0.25, 0.3) is 10.9 Å². The Kier molecular flexibility index (Phi) is 5.55. The van der Waals surface area contributed by atoms with Gasteiger partial charge in [-0.1, -0.05) is 37.3 Å². The average Bonchev–Trinajstić information content (AvgIpc) is 3.29. The van der Waals surface area contributed by atoms with Gasteiger partial charge >= 0.3 is 0 Å². The van der Waals surface area contributed by atoms with Gasteiger partial charge in [0, 0.05) is 42.8 Å². The van der Waals surface area contributed by atoms with Crippen LogP contribution < -0.4 is 5.32 Å². The van der Waals surface area contributed by atoms with Gasteiger partial charge in [0.2, 0.25) is 0 Å². The highest BCUT2D eigenvalue weighted by Crippen LogP contribution is 2.23. The number of nitrogens with one attached hydrogen (secondary N) is 1. The highest BCUT2D eigenvalue weighted by molar-refractivity contribution is 5.84. The van der Waals surface area contributed by atoms with Crippen LogP contribution in [0.3, 0.4) is 0 Å². The minimum absolute atomic E-state index is 0.186. The third-order valence-electron chi connectivity index (χ3n) is 5.74. The van der Waals surface area contributed by atoms with Gasteiger partial charge in [0.15, 0.2) is 0 Å². The van der Waals surface area contributed by atoms with Crippen molar-refractivity contribution in [2.24, 2.45) is 0 Å². The number of fused-ring (bicyclic) bond motifs is 1. The number of para-hydroxylation sites is 1. The van der Waals surface area contributed by atoms with Gasteiger partial charge in [0.05, 0.1) is 0 Å². The molecule has 0 amide bonds. The third kappa shape index (κ3) is 4.07. The molecule has 1 saturated heterocycles. The van der Waals surface area contributed by atoms with Crippen LogP contribution in [0.15, 0.2) is 54.7 Å². The summed E-state index contributed by atoms with van der Waals surface area (Å²) >= 11 is 0. The molecular weight excluding hydrogens is 337 g/mol. The Labute approximate surface area is 160 Å². The minimum atomic E-state index is -0.186. The van der Waals surface area contributed by atoms with Crippen LogP contribution in [-0.4, -0.2) is 35.1 Å². The van der Waals surface area contributed by atoms with Gasteiger partial charge in [0.25, 0.3) is 0 Å². The number of aromatic nitrogens is 1. The maximum Gasteiger partial charge on any atom is 0.123 e. The van der Waals surface area contributed by atoms with Crippen molar-refractivity contribution in [3.05, 3.63) is 71.7 Å². The number of hydrogen-bond acceptors (Lipinski definition) is 2. The summed E-state index contributed by atoms with van der Waals surface area (Å²) in [4.78, 5) is 2.57. The quantitative estimate of drug-likeness (QED) is 0.670. The lowest BCUT2D eigenvalue weighted by Gasteiger charge is -2.22. The molecule has 2 heterocycles. The lowest BCUT2D eigenvalue weighted by molar-refractivity contribution is 0.260. The highest BCUT2D eigenvalue weighted by Gasteiger charge is 2.22. The number of benzene rings is 2. The van der Waals surface area contributed by atoms with Crippen molar-refractivity contribution in [2.45, 2.75) is 38.9 Å². The molecule has 27 heavy (non-hydrogen) atoms. The van der Waals surface area contributed by atoms with Gasteiger partial charge in [-0.25, -0.2) is 4.39 Å². The number of rotatable bonds is 7. The standard InChI is InChI=1S/C23H28FN3/c1-2-26-13-5-6-21(26)15-25-14-19-17-27(23-8-4-3-7-22(19)23)16-18-9-11-20(24)12-10-18/h3-4,7-12,17,21,25H,2,5-6,13-16H2,1H3/t21-/m0/s1. The van der Waals surface area contributed by atoms with E-state index < -0.39 is 0 Å². The maximum absolute atomic E-state index is 13.2. The summed E-state index contributed by atoms with van der Waals surface area (Å²) in [7, 11) is 0. The second-order valence-electron chi connectivity index (χ2n) is 7.48. The molecule has 0 spiro atoms. The van der Waals surface area contributed by atoms with Crippen LogP contribution in [0.5, 0.6) is 0 Å². The Balaban J connectivity index is 1.48. The van der Waals surface area contributed by atoms with Crippen molar-refractivity contribution in [2.75, 3.05) is 19.6 Å². The maximum atomic E-state index is 13.2. The van der Waals surface area contributed by atoms with Crippen LogP contribution >= 0.6 is 0 Å². The van der Waals surface area contributed by atoms with Crippen LogP contribution in [0.2, 0.25) is 0 Å². The first kappa shape index (κ1) is 18.2. The molecule has 3 aromatic rings. The summed E-state index contributed by atoms with van der Waals surface area (Å²) in [6.07, 6.45) is 4.86. The molecule has 1 fully saturated rings. The van der Waals surface area contributed by atoms with Gasteiger partial charge in [-0.3, -0.25) is 4.90 Å². The first-order chi connectivity index (χ1) is 13.2. The number of halogens is 1. The molecule has 3 nitrogen and oxygen atoms in total. The molecule has 1 N–H and O–H groups in total. The number of nitrogens with zero attached hydrogens (tertiary/aromatic N) is 2. The SMILES string of the molecule is CCN1CCC[C@H]1CNCc1cn(Cc2ccc(F)cc2)c2ccccc12. The van der Waals surface area contributed by atoms with Crippen molar-refractivity contribution in [1.82, 2.24) is 14.8 Å². The molecule has 0 unspecified atom stereocenters. The third-order valence-corrected chi connectivity index (χ3v) is 5.74. The summed E-state index contributed by atoms with van der Waals surface area (Å²) in [5.41, 5.74) is 3.67. The van der Waals surface area contributed by atoms with Crippen molar-refractivity contribution in [3.8, 4) is 0 Å². The number of likely N-dealkylation sites (N-methyl/N-ethyl adjacent to an activating group) is 1. The average molecular weight is 365 g/mol. The fourth-order valence-corrected chi connectivity index (χ4v) is 4.30. The largest absolute Gasteiger partial charge is 0.343 e. The van der Waals surface area contributed by atoms with E-state index in [0.29, 0.717) is 6.04 Å². The predicted octanol–water partition coefficient (Wildman–Crippen LogP) is 4.40. The van der Waals surface area contributed by atoms with Gasteiger partial charge < -0.3 is 9.88 Å². The summed E-state index contributed by atoms with van der Waals surface area (Å²) in [6, 6.07) is 16.0. The zero-order valence-corrected chi connectivity index (χ0v) is 16.0. The monoisotopic (exact) mass is 365 g/mol. The molecule has 1 aromatic heterocycles. The second-order valence-corrected chi connectivity index (χ2v) is 7.48. The Morgan fingerprint density at radius 1 is 1.11 bits per heavy atom. The van der Waals surface area contributed by atoms with E-state index in [0.717, 1.165) is 31.7 Å². The Hall–Kier alpha value is -2.17. The molecule has 0 saturated carbocycles. The van der Waals surface area contributed by atoms with E-state index in [9.17, 15) is 4.39 Å². The first-order valence-corrected chi connectivity index (χ1v) is 10.0. The Bertz CT molecular complexity index is 884. The summed E-state index contributed by atoms with van der Waals surface area (Å²) in [6.45, 7) is 7.31. The topological polar surface area (TPSA) is 20.2 Å². The summed E-state index contributed by atoms with van der Waals surface area (Å²) in [5, 5.41) is 4.98. The zero-order chi connectivity index (χ0) is 18.6. The lowest BCUT2D eigenvalue weighted by Crippen LogP contribution is -2.37. The van der Waals surface area contributed by atoms with Crippen LogP contribution in [0, 0.1) is 5.82 Å². The fraction of sp³-hybridized carbons (Fsp3) is 0.391. The Morgan fingerprint density at radius 3 is 2.74 bits per heavy atom. The normalized spacial score (nSPS) is 17.8. The summed E-state index contributed by atoms with van der Waals surface area (Å²) in [5.74, 6) is -0.186. The molecule has 4 heteroatoms. The van der Waals surface area contributed by atoms with Crippen molar-refractivity contribution < 1.29 is 4.39 Å². The van der Waals surface area contributed by atoms with E-state index in [1.807, 2.05) is 12.1 Å². The van der Waals surface area contributed by atoms with Crippen molar-refractivity contribution in [1.29, 1.82) is 0 Å². The van der Waals surface area contributed by atoms with Crippen LogP contribution in [0.4, 0.5) is 4.39 Å². The number of likely N-dealkylation sites (tertiary alicyclic amines) is 1. The van der Waals surface area contributed by atoms with Crippen LogP contribution in [-0.2, 0) is 13.1 Å². The van der Waals surface area contributed by atoms with Gasteiger partial charge in [-0.05, 0) is 55.3 Å². The lowest BCUT2D eigenvalue weighted by atomic mass is 10.1. The van der Waals surface area contributed by atoms with Gasteiger partial charge in [0.1, 0.15) is 5.82 Å². The van der Waals surface area contributed by atoms with E-state index in [-0.39, 0.29) is 5.82 Å². The molecule has 0 bridgehead atoms. The molecule has 1 atom stereocenters. The van der Waals surface area contributed by atoms with Crippen LogP contribution in [0.1, 0.15) is 30.9 Å². The molecule has 0 radical (unpaired) electrons. The van der Waals surface area contributed by atoms with E-state index >= 15 is 0 Å². The van der Waals surface area contributed by atoms with Crippen molar-refractivity contribution in [3.63, 3.8) is 0 Å². The smallest absolute Gasteiger partial charge is 0.123 e. The second kappa shape index (κ2) is 8.24. The highest BCUT2D eigenvalue weighted by atomic mass is 19.1. The molecule has 142 valence electrons. The van der Waals surface area contributed by atoms with E-state index in [1.54, 1.807) is 0 Å². The van der Waals surface area contributed by atoms with Crippen molar-refractivity contribution >= 4 is 10.9 Å². The van der Waals surface area contributed by atoms with E-state index in [1.165, 1.54) is 48.0 Å². The molecular formula is C23H28FN3. The molecule has 4 rings (SSSR count). The van der Waals surface area contributed by atoms with Gasteiger partial charge in [-0.15, -0.1) is 0 Å². The molecule has 2 aromatic carbocycles. The molecule has 1 aliphatic rings. The molecule has 1 aliphatic heterocycles. The summed E-state index contributed by atoms with van der Waals surface area (Å²) < 4.78 is 15.5. The zero-order valence-electron chi connectivity index (χ0n) is 16.0. The number of hydrogen-bond donors (Lipinski definition) is 1. The van der Waals surface area contributed by atoms with Gasteiger partial charge in [-0.2, -0.15) is 0 Å². The fourth-order valence-electron chi connectivity index (χ4n) is 4.30. The molecule has 0 aliphatic carbocycles. The van der Waals surface area contributed by atoms with E-state index in [2.05, 4.69) is 52.2 Å². The Morgan fingerprint density at radius 2 is 1.93 bits per heavy atom. The van der Waals surface area contributed by atoms with E-state index in [4.69, 9.17) is 0 Å². The predicted molar refractivity (Wildman–Crippen MR) is 109 cm³/mol.